The molecule has 0 saturated carbocycles. The van der Waals surface area contributed by atoms with Crippen molar-refractivity contribution >= 4 is 18.5 Å². The second-order valence-corrected chi connectivity index (χ2v) is 4.38. The summed E-state index contributed by atoms with van der Waals surface area (Å²) in [7, 11) is 0. The van der Waals surface area contributed by atoms with Gasteiger partial charge in [0.05, 0.1) is 0 Å². The molecule has 0 aliphatic rings. The molecule has 2 rings (SSSR count). The van der Waals surface area contributed by atoms with Crippen LogP contribution >= 0.6 is 12.6 Å². The zero-order chi connectivity index (χ0) is 13.8. The second-order valence-electron chi connectivity index (χ2n) is 3.90. The van der Waals surface area contributed by atoms with E-state index in [-0.39, 0.29) is 10.8 Å². The zero-order valence-electron chi connectivity index (χ0n) is 10.2. The number of nitrogens with one attached hydrogen (secondary N) is 1. The van der Waals surface area contributed by atoms with E-state index in [1.54, 1.807) is 6.92 Å². The highest BCUT2D eigenvalue weighted by atomic mass is 32.1. The highest BCUT2D eigenvalue weighted by molar-refractivity contribution is 7.80. The normalized spacial score (nSPS) is 10.5. The lowest BCUT2D eigenvalue weighted by atomic mass is 10.2. The molecule has 0 aliphatic carbocycles. The SMILES string of the molecule is Cc1nc(CCNC(=O)c2ccc(F)c(S)c2)no1. The Morgan fingerprint density at radius 2 is 2.32 bits per heavy atom. The van der Waals surface area contributed by atoms with E-state index in [0.29, 0.717) is 30.2 Å². The van der Waals surface area contributed by atoms with Crippen LogP contribution < -0.4 is 5.32 Å². The minimum atomic E-state index is -0.456. The first-order valence-corrected chi connectivity index (χ1v) is 6.07. The number of aryl methyl sites for hydroxylation is 1. The maximum atomic E-state index is 13.0. The second kappa shape index (κ2) is 5.83. The van der Waals surface area contributed by atoms with Crippen LogP contribution in [0.25, 0.3) is 0 Å². The first-order chi connectivity index (χ1) is 9.06. The van der Waals surface area contributed by atoms with Gasteiger partial charge in [0, 0.05) is 30.3 Å². The van der Waals surface area contributed by atoms with E-state index in [1.807, 2.05) is 0 Å². The van der Waals surface area contributed by atoms with Crippen molar-refractivity contribution in [1.29, 1.82) is 0 Å². The molecule has 1 N–H and O–H groups in total. The monoisotopic (exact) mass is 281 g/mol. The minimum absolute atomic E-state index is 0.140. The zero-order valence-corrected chi connectivity index (χ0v) is 11.1. The topological polar surface area (TPSA) is 68.0 Å². The van der Waals surface area contributed by atoms with Crippen LogP contribution in [-0.4, -0.2) is 22.6 Å². The van der Waals surface area contributed by atoms with E-state index in [2.05, 4.69) is 28.1 Å². The number of carbonyl (C=O) groups excluding carboxylic acids is 1. The summed E-state index contributed by atoms with van der Waals surface area (Å²) in [6.45, 7) is 2.07. The number of thiol groups is 1. The van der Waals surface area contributed by atoms with Crippen LogP contribution in [0.1, 0.15) is 22.1 Å². The Balaban J connectivity index is 1.89. The third kappa shape index (κ3) is 3.54. The van der Waals surface area contributed by atoms with Crippen molar-refractivity contribution in [2.75, 3.05) is 6.54 Å². The van der Waals surface area contributed by atoms with Crippen molar-refractivity contribution in [3.05, 3.63) is 41.3 Å². The summed E-state index contributed by atoms with van der Waals surface area (Å²) in [5, 5.41) is 6.40. The molecule has 0 spiro atoms. The highest BCUT2D eigenvalue weighted by Gasteiger charge is 2.08. The Labute approximate surface area is 114 Å². The Morgan fingerprint density at radius 1 is 1.53 bits per heavy atom. The Bertz CT molecular complexity index is 600. The van der Waals surface area contributed by atoms with Crippen LogP contribution in [-0.2, 0) is 6.42 Å². The number of benzene rings is 1. The fraction of sp³-hybridized carbons (Fsp3) is 0.250. The third-order valence-electron chi connectivity index (χ3n) is 2.41. The molecule has 1 amide bonds. The maximum Gasteiger partial charge on any atom is 0.251 e. The van der Waals surface area contributed by atoms with E-state index < -0.39 is 5.82 Å². The van der Waals surface area contributed by atoms with Gasteiger partial charge in [-0.2, -0.15) is 4.98 Å². The lowest BCUT2D eigenvalue weighted by Crippen LogP contribution is -2.26. The maximum absolute atomic E-state index is 13.0. The summed E-state index contributed by atoms with van der Waals surface area (Å²) in [4.78, 5) is 15.9. The molecule has 2 aromatic rings. The van der Waals surface area contributed by atoms with E-state index >= 15 is 0 Å². The van der Waals surface area contributed by atoms with Crippen molar-refractivity contribution in [3.63, 3.8) is 0 Å². The predicted octanol–water partition coefficient (Wildman–Crippen LogP) is 1.78. The number of hydrogen-bond acceptors (Lipinski definition) is 5. The standard InChI is InChI=1S/C12H12FN3O2S/c1-7-15-11(16-18-7)4-5-14-12(17)8-2-3-9(13)10(19)6-8/h2-3,6,19H,4-5H2,1H3,(H,14,17). The Morgan fingerprint density at radius 3 is 2.95 bits per heavy atom. The molecule has 0 bridgehead atoms. The first-order valence-electron chi connectivity index (χ1n) is 5.62. The number of aromatic nitrogens is 2. The van der Waals surface area contributed by atoms with Crippen molar-refractivity contribution in [3.8, 4) is 0 Å². The molecular weight excluding hydrogens is 269 g/mol. The molecule has 1 aromatic carbocycles. The summed E-state index contributed by atoms with van der Waals surface area (Å²) in [6.07, 6.45) is 0.470. The molecular formula is C12H12FN3O2S. The van der Waals surface area contributed by atoms with Crippen LogP contribution in [0.4, 0.5) is 4.39 Å². The Hall–Kier alpha value is -1.89. The van der Waals surface area contributed by atoms with Gasteiger partial charge in [0.1, 0.15) is 5.82 Å². The molecule has 0 aliphatic heterocycles. The molecule has 0 radical (unpaired) electrons. The predicted molar refractivity (Wildman–Crippen MR) is 68.7 cm³/mol. The molecule has 0 saturated heterocycles. The average molecular weight is 281 g/mol. The molecule has 0 fully saturated rings. The molecule has 1 aromatic heterocycles. The van der Waals surface area contributed by atoms with Crippen molar-refractivity contribution < 1.29 is 13.7 Å². The molecule has 0 unspecified atom stereocenters. The Kier molecular flexibility index (Phi) is 4.16. The quantitative estimate of drug-likeness (QED) is 0.838. The van der Waals surface area contributed by atoms with Crippen molar-refractivity contribution in [2.45, 2.75) is 18.2 Å². The van der Waals surface area contributed by atoms with Gasteiger partial charge in [0.2, 0.25) is 5.89 Å². The molecule has 0 atom stereocenters. The first kappa shape index (κ1) is 13.5. The van der Waals surface area contributed by atoms with Crippen LogP contribution in [0, 0.1) is 12.7 Å². The number of rotatable bonds is 4. The number of carbonyl (C=O) groups is 1. The van der Waals surface area contributed by atoms with Crippen molar-refractivity contribution in [1.82, 2.24) is 15.5 Å². The lowest BCUT2D eigenvalue weighted by Gasteiger charge is -2.04. The summed E-state index contributed by atoms with van der Waals surface area (Å²) < 4.78 is 17.8. The number of halogens is 1. The van der Waals surface area contributed by atoms with Gasteiger partial charge in [0.15, 0.2) is 5.82 Å². The molecule has 100 valence electrons. The van der Waals surface area contributed by atoms with Crippen molar-refractivity contribution in [2.24, 2.45) is 0 Å². The summed E-state index contributed by atoms with van der Waals surface area (Å²) >= 11 is 3.93. The fourth-order valence-electron chi connectivity index (χ4n) is 1.49. The van der Waals surface area contributed by atoms with E-state index in [1.165, 1.54) is 18.2 Å². The number of hydrogen-bond donors (Lipinski definition) is 2. The largest absolute Gasteiger partial charge is 0.352 e. The summed E-state index contributed by atoms with van der Waals surface area (Å²) in [6, 6.07) is 3.99. The number of nitrogens with zero attached hydrogens (tertiary/aromatic N) is 2. The van der Waals surface area contributed by atoms with Gasteiger partial charge < -0.3 is 9.84 Å². The van der Waals surface area contributed by atoms with E-state index in [0.717, 1.165) is 0 Å². The van der Waals surface area contributed by atoms with Crippen LogP contribution in [0.15, 0.2) is 27.6 Å². The minimum Gasteiger partial charge on any atom is -0.352 e. The molecule has 7 heteroatoms. The van der Waals surface area contributed by atoms with Gasteiger partial charge in [-0.1, -0.05) is 5.16 Å². The lowest BCUT2D eigenvalue weighted by molar-refractivity contribution is 0.0953. The molecule has 19 heavy (non-hydrogen) atoms. The summed E-state index contributed by atoms with van der Waals surface area (Å²) in [5.74, 6) is 0.268. The van der Waals surface area contributed by atoms with E-state index in [9.17, 15) is 9.18 Å². The van der Waals surface area contributed by atoms with E-state index in [4.69, 9.17) is 4.52 Å². The fourth-order valence-corrected chi connectivity index (χ4v) is 1.70. The summed E-state index contributed by atoms with van der Waals surface area (Å²) in [5.41, 5.74) is 0.357. The van der Waals surface area contributed by atoms with Gasteiger partial charge in [-0.3, -0.25) is 4.79 Å². The van der Waals surface area contributed by atoms with Gasteiger partial charge in [-0.15, -0.1) is 12.6 Å². The third-order valence-corrected chi connectivity index (χ3v) is 2.75. The van der Waals surface area contributed by atoms with Gasteiger partial charge in [-0.05, 0) is 18.2 Å². The average Bonchev–Trinajstić information content (AvgIpc) is 2.78. The van der Waals surface area contributed by atoms with Gasteiger partial charge in [-0.25, -0.2) is 4.39 Å². The molecule has 5 nitrogen and oxygen atoms in total. The van der Waals surface area contributed by atoms with Crippen LogP contribution in [0.5, 0.6) is 0 Å². The smallest absolute Gasteiger partial charge is 0.251 e. The van der Waals surface area contributed by atoms with Gasteiger partial charge >= 0.3 is 0 Å². The number of amides is 1. The highest BCUT2D eigenvalue weighted by Crippen LogP contribution is 2.14. The van der Waals surface area contributed by atoms with Gasteiger partial charge in [0.25, 0.3) is 5.91 Å². The van der Waals surface area contributed by atoms with Crippen LogP contribution in [0.2, 0.25) is 0 Å². The molecule has 1 heterocycles. The van der Waals surface area contributed by atoms with Crippen LogP contribution in [0.3, 0.4) is 0 Å².